The van der Waals surface area contributed by atoms with Gasteiger partial charge in [-0.05, 0) is 20.8 Å². The molecule has 25 heavy (non-hydrogen) atoms. The Bertz CT molecular complexity index is 889. The molecule has 1 aromatic heterocycles. The van der Waals surface area contributed by atoms with E-state index in [-0.39, 0.29) is 23.3 Å². The van der Waals surface area contributed by atoms with Gasteiger partial charge in [0.1, 0.15) is 28.6 Å². The highest BCUT2D eigenvalue weighted by Gasteiger charge is 2.37. The van der Waals surface area contributed by atoms with E-state index >= 15 is 0 Å². The third kappa shape index (κ3) is 2.95. The highest BCUT2D eigenvalue weighted by molar-refractivity contribution is 5.92. The second-order valence-corrected chi connectivity index (χ2v) is 6.42. The van der Waals surface area contributed by atoms with Gasteiger partial charge in [-0.2, -0.15) is 0 Å². The Morgan fingerprint density at radius 1 is 1.40 bits per heavy atom. The van der Waals surface area contributed by atoms with Crippen LogP contribution in [0.2, 0.25) is 0 Å². The van der Waals surface area contributed by atoms with Gasteiger partial charge in [-0.15, -0.1) is 0 Å². The minimum atomic E-state index is -1.07. The molecule has 0 unspecified atom stereocenters. The molecule has 0 aliphatic carbocycles. The predicted octanol–water partition coefficient (Wildman–Crippen LogP) is 2.05. The van der Waals surface area contributed by atoms with Crippen LogP contribution >= 0.6 is 0 Å². The van der Waals surface area contributed by atoms with Crippen molar-refractivity contribution in [3.8, 4) is 11.5 Å². The Kier molecular flexibility index (Phi) is 4.20. The first-order valence-electron chi connectivity index (χ1n) is 8.00. The molecular formula is C18H20O7. The molecule has 1 aliphatic rings. The van der Waals surface area contributed by atoms with Gasteiger partial charge >= 0.3 is 5.97 Å². The number of carbonyl (C=O) groups is 1. The molecule has 0 saturated heterocycles. The van der Waals surface area contributed by atoms with E-state index < -0.39 is 23.1 Å². The Morgan fingerprint density at radius 2 is 2.12 bits per heavy atom. The normalized spacial score (nSPS) is 16.4. The SMILES string of the molecule is CCOC(=O)c1cc(=O)c2c(OC)c3c(cc2o1)O[C@@H](C(C)(C)O)C3. The van der Waals surface area contributed by atoms with Gasteiger partial charge in [-0.25, -0.2) is 4.79 Å². The highest BCUT2D eigenvalue weighted by atomic mass is 16.5. The summed E-state index contributed by atoms with van der Waals surface area (Å²) in [6.45, 7) is 5.14. The van der Waals surface area contributed by atoms with Gasteiger partial charge in [-0.1, -0.05) is 0 Å². The molecule has 0 radical (unpaired) electrons. The maximum Gasteiger partial charge on any atom is 0.374 e. The molecule has 1 aliphatic heterocycles. The lowest BCUT2D eigenvalue weighted by Crippen LogP contribution is -2.39. The third-order valence-electron chi connectivity index (χ3n) is 4.16. The fourth-order valence-electron chi connectivity index (χ4n) is 2.91. The molecule has 0 amide bonds. The number of hydrogen-bond donors (Lipinski definition) is 1. The maximum absolute atomic E-state index is 12.5. The average molecular weight is 348 g/mol. The van der Waals surface area contributed by atoms with Crippen LogP contribution in [0.15, 0.2) is 21.3 Å². The zero-order valence-corrected chi connectivity index (χ0v) is 14.5. The fraction of sp³-hybridized carbons (Fsp3) is 0.444. The molecule has 0 saturated carbocycles. The molecule has 7 nitrogen and oxygen atoms in total. The molecule has 1 N–H and O–H groups in total. The summed E-state index contributed by atoms with van der Waals surface area (Å²) in [5.41, 5.74) is -0.611. The zero-order valence-electron chi connectivity index (χ0n) is 14.5. The summed E-state index contributed by atoms with van der Waals surface area (Å²) in [6.07, 6.45) is -0.0790. The van der Waals surface area contributed by atoms with Crippen LogP contribution in [0.4, 0.5) is 0 Å². The summed E-state index contributed by atoms with van der Waals surface area (Å²) < 4.78 is 21.6. The standard InChI is InChI=1S/C18H20O7/c1-5-23-17(20)13-7-10(19)15-12(24-13)8-11-9(16(15)22-4)6-14(25-11)18(2,3)21/h7-8,14,21H,5-6H2,1-4H3/t14-/m1/s1. The summed E-state index contributed by atoms with van der Waals surface area (Å²) in [5, 5.41) is 10.4. The van der Waals surface area contributed by atoms with Crippen LogP contribution in [-0.2, 0) is 11.2 Å². The first-order valence-corrected chi connectivity index (χ1v) is 8.00. The highest BCUT2D eigenvalue weighted by Crippen LogP contribution is 2.42. The lowest BCUT2D eigenvalue weighted by Gasteiger charge is -2.24. The van der Waals surface area contributed by atoms with E-state index in [0.717, 1.165) is 6.07 Å². The van der Waals surface area contributed by atoms with Crippen molar-refractivity contribution in [1.82, 2.24) is 0 Å². The summed E-state index contributed by atoms with van der Waals surface area (Å²) in [6, 6.07) is 2.64. The number of methoxy groups -OCH3 is 1. The largest absolute Gasteiger partial charge is 0.495 e. The van der Waals surface area contributed by atoms with Crippen LogP contribution in [0.5, 0.6) is 11.5 Å². The Balaban J connectivity index is 2.19. The van der Waals surface area contributed by atoms with E-state index in [1.165, 1.54) is 7.11 Å². The van der Waals surface area contributed by atoms with E-state index in [9.17, 15) is 14.7 Å². The molecule has 7 heteroatoms. The minimum absolute atomic E-state index is 0.169. The Hall–Kier alpha value is -2.54. The monoisotopic (exact) mass is 348 g/mol. The molecule has 134 valence electrons. The Labute approximate surface area is 144 Å². The van der Waals surface area contributed by atoms with E-state index in [0.29, 0.717) is 23.5 Å². The quantitative estimate of drug-likeness (QED) is 0.845. The van der Waals surface area contributed by atoms with Crippen molar-refractivity contribution < 1.29 is 28.5 Å². The molecule has 0 bridgehead atoms. The second-order valence-electron chi connectivity index (χ2n) is 6.42. The topological polar surface area (TPSA) is 95.2 Å². The molecule has 2 aromatic rings. The summed E-state index contributed by atoms with van der Waals surface area (Å²) in [5.74, 6) is -0.0984. The number of fused-ring (bicyclic) bond motifs is 2. The lowest BCUT2D eigenvalue weighted by molar-refractivity contribution is -0.0229. The van der Waals surface area contributed by atoms with Gasteiger partial charge in [0.05, 0.1) is 19.3 Å². The van der Waals surface area contributed by atoms with Gasteiger partial charge in [-0.3, -0.25) is 4.79 Å². The van der Waals surface area contributed by atoms with E-state index in [1.54, 1.807) is 26.8 Å². The van der Waals surface area contributed by atoms with Crippen molar-refractivity contribution in [2.24, 2.45) is 0 Å². The van der Waals surface area contributed by atoms with Crippen molar-refractivity contribution in [2.45, 2.75) is 38.9 Å². The number of benzene rings is 1. The Morgan fingerprint density at radius 3 is 2.72 bits per heavy atom. The van der Waals surface area contributed by atoms with Crippen LogP contribution in [0.1, 0.15) is 36.9 Å². The number of ether oxygens (including phenoxy) is 3. The van der Waals surface area contributed by atoms with Crippen molar-refractivity contribution in [2.75, 3.05) is 13.7 Å². The number of aliphatic hydroxyl groups is 1. The van der Waals surface area contributed by atoms with Gasteiger partial charge < -0.3 is 23.7 Å². The van der Waals surface area contributed by atoms with Gasteiger partial charge in [0.15, 0.2) is 5.43 Å². The van der Waals surface area contributed by atoms with Gasteiger partial charge in [0.25, 0.3) is 0 Å². The van der Waals surface area contributed by atoms with Crippen LogP contribution in [-0.4, -0.2) is 36.5 Å². The van der Waals surface area contributed by atoms with E-state index in [2.05, 4.69) is 0 Å². The van der Waals surface area contributed by atoms with Crippen molar-refractivity contribution in [3.05, 3.63) is 33.7 Å². The van der Waals surface area contributed by atoms with Gasteiger partial charge in [0, 0.05) is 24.1 Å². The first-order chi connectivity index (χ1) is 11.8. The number of carbonyl (C=O) groups excluding carboxylic acids is 1. The zero-order chi connectivity index (χ0) is 18.4. The summed E-state index contributed by atoms with van der Waals surface area (Å²) >= 11 is 0. The lowest BCUT2D eigenvalue weighted by atomic mass is 9.96. The van der Waals surface area contributed by atoms with E-state index in [1.807, 2.05) is 0 Å². The smallest absolute Gasteiger partial charge is 0.374 e. The van der Waals surface area contributed by atoms with Gasteiger partial charge in [0.2, 0.25) is 5.76 Å². The number of rotatable bonds is 4. The van der Waals surface area contributed by atoms with Crippen LogP contribution in [0, 0.1) is 0 Å². The van der Waals surface area contributed by atoms with Crippen LogP contribution in [0.3, 0.4) is 0 Å². The fourth-order valence-corrected chi connectivity index (χ4v) is 2.91. The molecule has 1 aromatic carbocycles. The molecule has 0 spiro atoms. The third-order valence-corrected chi connectivity index (χ3v) is 4.16. The average Bonchev–Trinajstić information content (AvgIpc) is 2.96. The minimum Gasteiger partial charge on any atom is -0.495 e. The first kappa shape index (κ1) is 17.3. The molecule has 2 heterocycles. The van der Waals surface area contributed by atoms with Crippen LogP contribution < -0.4 is 14.9 Å². The second kappa shape index (κ2) is 6.07. The summed E-state index contributed by atoms with van der Waals surface area (Å²) in [7, 11) is 1.45. The summed E-state index contributed by atoms with van der Waals surface area (Å²) in [4.78, 5) is 24.4. The molecular weight excluding hydrogens is 328 g/mol. The number of hydrogen-bond acceptors (Lipinski definition) is 7. The van der Waals surface area contributed by atoms with Crippen molar-refractivity contribution >= 4 is 16.9 Å². The van der Waals surface area contributed by atoms with Crippen LogP contribution in [0.25, 0.3) is 11.0 Å². The van der Waals surface area contributed by atoms with E-state index in [4.69, 9.17) is 18.6 Å². The maximum atomic E-state index is 12.5. The van der Waals surface area contributed by atoms with Crippen molar-refractivity contribution in [1.29, 1.82) is 0 Å². The molecule has 3 rings (SSSR count). The number of esters is 1. The molecule has 1 atom stereocenters. The van der Waals surface area contributed by atoms with Crippen molar-refractivity contribution in [3.63, 3.8) is 0 Å². The predicted molar refractivity (Wildman–Crippen MR) is 89.4 cm³/mol. The molecule has 0 fully saturated rings.